The SMILES string of the molecule is O=[N+]([O-])c1ccc(C2CC(c3ccc(Cl)cc3Cl)=Nc3cc(O)ccc3S2)cc1. The van der Waals surface area contributed by atoms with Crippen molar-refractivity contribution in [2.75, 3.05) is 0 Å². The number of aromatic hydroxyl groups is 1. The normalized spacial score (nSPS) is 15.9. The predicted octanol–water partition coefficient (Wildman–Crippen LogP) is 6.97. The fourth-order valence-corrected chi connectivity index (χ4v) is 4.88. The van der Waals surface area contributed by atoms with Gasteiger partial charge in [0.1, 0.15) is 5.75 Å². The zero-order valence-electron chi connectivity index (χ0n) is 14.9. The average molecular weight is 445 g/mol. The molecule has 1 atom stereocenters. The Morgan fingerprint density at radius 3 is 2.52 bits per heavy atom. The number of nitrogens with zero attached hydrogens (tertiary/aromatic N) is 2. The molecule has 3 aromatic rings. The minimum Gasteiger partial charge on any atom is -0.508 e. The van der Waals surface area contributed by atoms with Crippen LogP contribution in [-0.4, -0.2) is 15.7 Å². The van der Waals surface area contributed by atoms with Crippen LogP contribution >= 0.6 is 35.0 Å². The molecule has 0 spiro atoms. The fourth-order valence-electron chi connectivity index (χ4n) is 3.14. The summed E-state index contributed by atoms with van der Waals surface area (Å²) >= 11 is 14.1. The molecule has 4 rings (SSSR count). The third-order valence-electron chi connectivity index (χ3n) is 4.56. The van der Waals surface area contributed by atoms with Gasteiger partial charge >= 0.3 is 0 Å². The lowest BCUT2D eigenvalue weighted by Gasteiger charge is -2.16. The van der Waals surface area contributed by atoms with E-state index in [4.69, 9.17) is 28.2 Å². The van der Waals surface area contributed by atoms with E-state index in [2.05, 4.69) is 0 Å². The largest absolute Gasteiger partial charge is 0.508 e. The zero-order valence-corrected chi connectivity index (χ0v) is 17.2. The molecule has 0 amide bonds. The first-order chi connectivity index (χ1) is 13.9. The standard InChI is InChI=1S/C21H14Cl2N2O3S/c22-13-3-7-16(17(23)9-13)18-11-21(12-1-4-14(5-2-12)25(27)28)29-20-8-6-15(26)10-19(20)24-18/h1-10,21,26H,11H2. The van der Waals surface area contributed by atoms with E-state index in [1.807, 2.05) is 12.1 Å². The van der Waals surface area contributed by atoms with Crippen molar-refractivity contribution < 1.29 is 10.0 Å². The first-order valence-electron chi connectivity index (χ1n) is 8.68. The molecule has 29 heavy (non-hydrogen) atoms. The molecule has 5 nitrogen and oxygen atoms in total. The van der Waals surface area contributed by atoms with Gasteiger partial charge in [-0.15, -0.1) is 11.8 Å². The number of fused-ring (bicyclic) bond motifs is 1. The van der Waals surface area contributed by atoms with E-state index in [9.17, 15) is 15.2 Å². The highest BCUT2D eigenvalue weighted by molar-refractivity contribution is 7.99. The molecule has 1 N–H and O–H groups in total. The highest BCUT2D eigenvalue weighted by atomic mass is 35.5. The molecule has 0 bridgehead atoms. The summed E-state index contributed by atoms with van der Waals surface area (Å²) in [5, 5.41) is 21.9. The molecule has 0 saturated carbocycles. The number of hydrogen-bond acceptors (Lipinski definition) is 5. The monoisotopic (exact) mass is 444 g/mol. The number of non-ortho nitro benzene ring substituents is 1. The van der Waals surface area contributed by atoms with E-state index in [-0.39, 0.29) is 16.7 Å². The number of hydrogen-bond donors (Lipinski definition) is 1. The van der Waals surface area contributed by atoms with Crippen LogP contribution in [0.25, 0.3) is 0 Å². The lowest BCUT2D eigenvalue weighted by molar-refractivity contribution is -0.384. The number of nitro groups is 1. The summed E-state index contributed by atoms with van der Waals surface area (Å²) in [4.78, 5) is 16.2. The first-order valence-corrected chi connectivity index (χ1v) is 10.3. The van der Waals surface area contributed by atoms with Gasteiger partial charge in [0, 0.05) is 45.4 Å². The number of benzene rings is 3. The molecule has 146 valence electrons. The van der Waals surface area contributed by atoms with Crippen molar-refractivity contribution in [2.45, 2.75) is 16.6 Å². The molecule has 1 heterocycles. The van der Waals surface area contributed by atoms with Crippen LogP contribution in [0.3, 0.4) is 0 Å². The van der Waals surface area contributed by atoms with Crippen LogP contribution in [0, 0.1) is 10.1 Å². The smallest absolute Gasteiger partial charge is 0.269 e. The van der Waals surface area contributed by atoms with E-state index < -0.39 is 4.92 Å². The second-order valence-electron chi connectivity index (χ2n) is 6.49. The van der Waals surface area contributed by atoms with Gasteiger partial charge in [-0.2, -0.15) is 0 Å². The third-order valence-corrected chi connectivity index (χ3v) is 6.43. The maximum absolute atomic E-state index is 11.0. The molecule has 0 aromatic heterocycles. The lowest BCUT2D eigenvalue weighted by Crippen LogP contribution is -2.06. The van der Waals surface area contributed by atoms with Crippen molar-refractivity contribution in [3.05, 3.63) is 92.0 Å². The molecule has 1 unspecified atom stereocenters. The molecule has 0 saturated heterocycles. The van der Waals surface area contributed by atoms with Crippen molar-refractivity contribution in [1.82, 2.24) is 0 Å². The van der Waals surface area contributed by atoms with E-state index in [1.165, 1.54) is 12.1 Å². The second-order valence-corrected chi connectivity index (χ2v) is 8.58. The van der Waals surface area contributed by atoms with Gasteiger partial charge in [0.05, 0.1) is 21.3 Å². The number of phenols is 1. The van der Waals surface area contributed by atoms with Gasteiger partial charge in [-0.25, -0.2) is 0 Å². The molecular formula is C21H14Cl2N2O3S. The van der Waals surface area contributed by atoms with Crippen molar-refractivity contribution in [3.8, 4) is 5.75 Å². The summed E-state index contributed by atoms with van der Waals surface area (Å²) in [6, 6.07) is 16.9. The molecule has 3 aromatic carbocycles. The van der Waals surface area contributed by atoms with E-state index in [0.717, 1.165) is 21.7 Å². The van der Waals surface area contributed by atoms with Gasteiger partial charge in [-0.3, -0.25) is 15.1 Å². The van der Waals surface area contributed by atoms with Gasteiger partial charge in [0.2, 0.25) is 0 Å². The van der Waals surface area contributed by atoms with Crippen LogP contribution in [0.15, 0.2) is 70.6 Å². The lowest BCUT2D eigenvalue weighted by atomic mass is 10.0. The number of aliphatic imine (C=N–C) groups is 1. The van der Waals surface area contributed by atoms with Crippen LogP contribution in [0.2, 0.25) is 10.0 Å². The minimum absolute atomic E-state index is 0.0351. The molecule has 1 aliphatic heterocycles. The Morgan fingerprint density at radius 2 is 1.83 bits per heavy atom. The molecule has 0 radical (unpaired) electrons. The molecule has 1 aliphatic rings. The van der Waals surface area contributed by atoms with Crippen LogP contribution in [-0.2, 0) is 0 Å². The zero-order chi connectivity index (χ0) is 20.5. The topological polar surface area (TPSA) is 75.7 Å². The third kappa shape index (κ3) is 4.24. The van der Waals surface area contributed by atoms with Crippen LogP contribution in [0.5, 0.6) is 5.75 Å². The van der Waals surface area contributed by atoms with Crippen LogP contribution in [0.1, 0.15) is 22.8 Å². The maximum atomic E-state index is 11.0. The molecule has 8 heteroatoms. The van der Waals surface area contributed by atoms with Crippen molar-refractivity contribution in [2.24, 2.45) is 4.99 Å². The van der Waals surface area contributed by atoms with Gasteiger partial charge in [0.15, 0.2) is 0 Å². The molecule has 0 aliphatic carbocycles. The number of phenolic OH excluding ortho intramolecular Hbond substituents is 1. The van der Waals surface area contributed by atoms with Crippen molar-refractivity contribution in [1.29, 1.82) is 0 Å². The quantitative estimate of drug-likeness (QED) is 0.349. The summed E-state index contributed by atoms with van der Waals surface area (Å²) in [5.74, 6) is 0.128. The maximum Gasteiger partial charge on any atom is 0.269 e. The number of rotatable bonds is 3. The average Bonchev–Trinajstić information content (AvgIpc) is 2.87. The predicted molar refractivity (Wildman–Crippen MR) is 117 cm³/mol. The molecular weight excluding hydrogens is 431 g/mol. The Bertz CT molecular complexity index is 1130. The number of nitro benzene ring substituents is 1. The summed E-state index contributed by atoms with van der Waals surface area (Å²) < 4.78 is 0. The summed E-state index contributed by atoms with van der Waals surface area (Å²) in [5.41, 5.74) is 3.17. The highest BCUT2D eigenvalue weighted by Crippen LogP contribution is 2.47. The van der Waals surface area contributed by atoms with E-state index in [1.54, 1.807) is 48.2 Å². The molecule has 0 fully saturated rings. The van der Waals surface area contributed by atoms with Crippen molar-refractivity contribution in [3.63, 3.8) is 0 Å². The first kappa shape index (κ1) is 19.8. The summed E-state index contributed by atoms with van der Waals surface area (Å²) in [6.07, 6.45) is 0.555. The van der Waals surface area contributed by atoms with Gasteiger partial charge in [-0.1, -0.05) is 41.4 Å². The van der Waals surface area contributed by atoms with Gasteiger partial charge in [0.25, 0.3) is 5.69 Å². The highest BCUT2D eigenvalue weighted by Gasteiger charge is 2.24. The van der Waals surface area contributed by atoms with Crippen molar-refractivity contribution >= 4 is 52.1 Å². The van der Waals surface area contributed by atoms with Gasteiger partial charge < -0.3 is 5.11 Å². The summed E-state index contributed by atoms with van der Waals surface area (Å²) in [7, 11) is 0. The Balaban J connectivity index is 1.80. The number of halogens is 2. The second kappa shape index (κ2) is 8.06. The Hall–Kier alpha value is -2.54. The Labute approximate surface area is 181 Å². The van der Waals surface area contributed by atoms with E-state index in [0.29, 0.717) is 22.2 Å². The minimum atomic E-state index is -0.414. The Kier molecular flexibility index (Phi) is 5.50. The van der Waals surface area contributed by atoms with E-state index >= 15 is 0 Å². The van der Waals surface area contributed by atoms with Crippen LogP contribution < -0.4 is 0 Å². The van der Waals surface area contributed by atoms with Gasteiger partial charge in [-0.05, 0) is 29.8 Å². The Morgan fingerprint density at radius 1 is 1.07 bits per heavy atom. The van der Waals surface area contributed by atoms with Crippen LogP contribution in [0.4, 0.5) is 11.4 Å². The fraction of sp³-hybridized carbons (Fsp3) is 0.0952. The summed E-state index contributed by atoms with van der Waals surface area (Å²) in [6.45, 7) is 0. The number of thioether (sulfide) groups is 1.